The zero-order valence-electron chi connectivity index (χ0n) is 13.3. The fraction of sp³-hybridized carbons (Fsp3) is 0.353. The van der Waals surface area contributed by atoms with Crippen LogP contribution in [0.15, 0.2) is 33.6 Å². The van der Waals surface area contributed by atoms with Crippen LogP contribution in [0.2, 0.25) is 0 Å². The maximum Gasteiger partial charge on any atom is 0.326 e. The van der Waals surface area contributed by atoms with E-state index in [1.54, 1.807) is 6.08 Å². The van der Waals surface area contributed by atoms with Gasteiger partial charge in [0.15, 0.2) is 0 Å². The molecule has 1 aromatic rings. The highest BCUT2D eigenvalue weighted by Gasteiger charge is 2.33. The monoisotopic (exact) mass is 427 g/mol. The normalized spacial score (nSPS) is 16.1. The molecule has 0 aliphatic carbocycles. The summed E-state index contributed by atoms with van der Waals surface area (Å²) in [6, 6.07) is 7.62. The Morgan fingerprint density at radius 1 is 1.42 bits per heavy atom. The highest BCUT2D eigenvalue weighted by molar-refractivity contribution is 9.10. The van der Waals surface area contributed by atoms with E-state index in [0.717, 1.165) is 29.3 Å². The van der Waals surface area contributed by atoms with Gasteiger partial charge in [-0.3, -0.25) is 14.5 Å². The minimum atomic E-state index is -0.425. The molecule has 128 valence electrons. The van der Waals surface area contributed by atoms with Gasteiger partial charge in [-0.05, 0) is 30.2 Å². The summed E-state index contributed by atoms with van der Waals surface area (Å²) in [5, 5.41) is 0. The van der Waals surface area contributed by atoms with Crippen molar-refractivity contribution in [3.8, 4) is 0 Å². The van der Waals surface area contributed by atoms with Crippen molar-refractivity contribution in [2.24, 2.45) is 0 Å². The highest BCUT2D eigenvalue weighted by Crippen LogP contribution is 2.32. The van der Waals surface area contributed by atoms with E-state index in [9.17, 15) is 9.59 Å². The lowest BCUT2D eigenvalue weighted by molar-refractivity contribution is -0.146. The second-order valence-electron chi connectivity index (χ2n) is 5.25. The number of carbonyl (C=O) groups is 2. The number of nitrogens with zero attached hydrogens (tertiary/aromatic N) is 1. The summed E-state index contributed by atoms with van der Waals surface area (Å²) >= 11 is 9.82. The minimum Gasteiger partial charge on any atom is -0.464 e. The lowest BCUT2D eigenvalue weighted by Crippen LogP contribution is -2.34. The van der Waals surface area contributed by atoms with Crippen LogP contribution >= 0.6 is 39.9 Å². The lowest BCUT2D eigenvalue weighted by Gasteiger charge is -2.13. The molecule has 0 N–H and O–H groups in total. The molecule has 0 bridgehead atoms. The molecule has 0 saturated carbocycles. The third-order valence-corrected chi connectivity index (χ3v) is 5.19. The molecule has 7 heteroatoms. The van der Waals surface area contributed by atoms with Crippen molar-refractivity contribution in [3.63, 3.8) is 0 Å². The third-order valence-electron chi connectivity index (χ3n) is 3.32. The average molecular weight is 428 g/mol. The summed E-state index contributed by atoms with van der Waals surface area (Å²) in [4.78, 5) is 26.1. The number of hydrogen-bond acceptors (Lipinski definition) is 5. The van der Waals surface area contributed by atoms with Crippen LogP contribution in [0.1, 0.15) is 31.7 Å². The Balaban J connectivity index is 1.97. The number of rotatable bonds is 7. The number of thiocarbonyl (C=S) groups is 1. The largest absolute Gasteiger partial charge is 0.464 e. The molecule has 1 aromatic carbocycles. The second-order valence-corrected chi connectivity index (χ2v) is 7.84. The molecule has 1 saturated heterocycles. The summed E-state index contributed by atoms with van der Waals surface area (Å²) in [5.74, 6) is -0.679. The van der Waals surface area contributed by atoms with Gasteiger partial charge in [0.05, 0.1) is 11.5 Å². The lowest BCUT2D eigenvalue weighted by atomic mass is 10.2. The molecule has 1 aliphatic rings. The maximum atomic E-state index is 12.4. The molecule has 0 atom stereocenters. The van der Waals surface area contributed by atoms with Gasteiger partial charge in [0.1, 0.15) is 10.9 Å². The number of esters is 1. The molecule has 24 heavy (non-hydrogen) atoms. The molecule has 1 heterocycles. The Hall–Kier alpha value is -1.18. The molecule has 4 nitrogen and oxygen atoms in total. The van der Waals surface area contributed by atoms with Crippen molar-refractivity contribution in [2.75, 3.05) is 13.2 Å². The van der Waals surface area contributed by atoms with E-state index in [-0.39, 0.29) is 12.5 Å². The van der Waals surface area contributed by atoms with E-state index in [1.165, 1.54) is 16.7 Å². The highest BCUT2D eigenvalue weighted by atomic mass is 79.9. The van der Waals surface area contributed by atoms with E-state index >= 15 is 0 Å². The van der Waals surface area contributed by atoms with E-state index in [4.69, 9.17) is 17.0 Å². The van der Waals surface area contributed by atoms with Crippen molar-refractivity contribution in [1.29, 1.82) is 0 Å². The number of ether oxygens (including phenoxy) is 1. The number of benzene rings is 1. The van der Waals surface area contributed by atoms with Gasteiger partial charge in [0.2, 0.25) is 0 Å². The smallest absolute Gasteiger partial charge is 0.326 e. The molecule has 0 radical (unpaired) electrons. The van der Waals surface area contributed by atoms with Crippen LogP contribution in [0.5, 0.6) is 0 Å². The molecule has 0 unspecified atom stereocenters. The maximum absolute atomic E-state index is 12.4. The molecule has 2 rings (SSSR count). The number of amides is 1. The first-order valence-electron chi connectivity index (χ1n) is 7.68. The van der Waals surface area contributed by atoms with Crippen LogP contribution in [0.4, 0.5) is 0 Å². The van der Waals surface area contributed by atoms with Gasteiger partial charge in [0, 0.05) is 4.47 Å². The Morgan fingerprint density at radius 3 is 2.92 bits per heavy atom. The van der Waals surface area contributed by atoms with E-state index < -0.39 is 5.97 Å². The Labute approximate surface area is 159 Å². The zero-order chi connectivity index (χ0) is 17.5. The predicted molar refractivity (Wildman–Crippen MR) is 105 cm³/mol. The van der Waals surface area contributed by atoms with Gasteiger partial charge < -0.3 is 4.74 Å². The van der Waals surface area contributed by atoms with Gasteiger partial charge in [-0.2, -0.15) is 0 Å². The molecule has 0 spiro atoms. The fourth-order valence-electron chi connectivity index (χ4n) is 2.10. The first-order valence-corrected chi connectivity index (χ1v) is 9.69. The molecule has 0 aromatic heterocycles. The van der Waals surface area contributed by atoms with Crippen molar-refractivity contribution in [3.05, 3.63) is 39.2 Å². The van der Waals surface area contributed by atoms with Crippen LogP contribution in [0.3, 0.4) is 0 Å². The SMILES string of the molecule is CCCCCOC(=O)CN1C(=O)/C(=C/c2cccc(Br)c2)SC1=S. The van der Waals surface area contributed by atoms with E-state index in [0.29, 0.717) is 15.8 Å². The second kappa shape index (κ2) is 9.34. The summed E-state index contributed by atoms with van der Waals surface area (Å²) in [5.41, 5.74) is 0.895. The van der Waals surface area contributed by atoms with Crippen LogP contribution < -0.4 is 0 Å². The summed E-state index contributed by atoms with van der Waals surface area (Å²) < 4.78 is 6.46. The predicted octanol–water partition coefficient (Wildman–Crippen LogP) is 4.38. The van der Waals surface area contributed by atoms with Crippen molar-refractivity contribution < 1.29 is 14.3 Å². The Bertz CT molecular complexity index is 676. The van der Waals surface area contributed by atoms with Crippen LogP contribution in [-0.2, 0) is 14.3 Å². The fourth-order valence-corrected chi connectivity index (χ4v) is 3.77. The topological polar surface area (TPSA) is 46.6 Å². The summed E-state index contributed by atoms with van der Waals surface area (Å²) in [6.45, 7) is 2.33. The number of unbranched alkanes of at least 4 members (excludes halogenated alkanes) is 2. The summed E-state index contributed by atoms with van der Waals surface area (Å²) in [7, 11) is 0. The molecule has 1 aliphatic heterocycles. The van der Waals surface area contributed by atoms with Gasteiger partial charge >= 0.3 is 5.97 Å². The van der Waals surface area contributed by atoms with Crippen LogP contribution in [0, 0.1) is 0 Å². The first-order chi connectivity index (χ1) is 11.5. The molecule has 1 fully saturated rings. The first kappa shape index (κ1) is 19.1. The van der Waals surface area contributed by atoms with Gasteiger partial charge in [-0.25, -0.2) is 0 Å². The van der Waals surface area contributed by atoms with E-state index in [1.807, 2.05) is 24.3 Å². The number of thioether (sulfide) groups is 1. The van der Waals surface area contributed by atoms with Gasteiger partial charge in [-0.15, -0.1) is 0 Å². The molecular weight excluding hydrogens is 410 g/mol. The van der Waals surface area contributed by atoms with Crippen molar-refractivity contribution in [2.45, 2.75) is 26.2 Å². The number of hydrogen-bond donors (Lipinski definition) is 0. The number of carbonyl (C=O) groups excluding carboxylic acids is 2. The van der Waals surface area contributed by atoms with Gasteiger partial charge in [0.25, 0.3) is 5.91 Å². The van der Waals surface area contributed by atoms with Crippen molar-refractivity contribution in [1.82, 2.24) is 4.90 Å². The van der Waals surface area contributed by atoms with Crippen molar-refractivity contribution >= 4 is 62.2 Å². The van der Waals surface area contributed by atoms with Crippen LogP contribution in [-0.4, -0.2) is 34.2 Å². The third kappa shape index (κ3) is 5.43. The molecular formula is C17H18BrNO3S2. The standard InChI is InChI=1S/C17H18BrNO3S2/c1-2-3-4-8-22-15(20)11-19-16(21)14(24-17(19)23)10-12-6-5-7-13(18)9-12/h5-7,9-10H,2-4,8,11H2,1H3/b14-10-. The van der Waals surface area contributed by atoms with E-state index in [2.05, 4.69) is 22.9 Å². The Kier molecular flexibility index (Phi) is 7.45. The minimum absolute atomic E-state index is 0.132. The van der Waals surface area contributed by atoms with Gasteiger partial charge in [-0.1, -0.05) is 71.8 Å². The summed E-state index contributed by atoms with van der Waals surface area (Å²) in [6.07, 6.45) is 4.69. The zero-order valence-corrected chi connectivity index (χ0v) is 16.5. The quantitative estimate of drug-likeness (QED) is 0.279. The average Bonchev–Trinajstić information content (AvgIpc) is 2.79. The number of halogens is 1. The van der Waals surface area contributed by atoms with Crippen LogP contribution in [0.25, 0.3) is 6.08 Å². The molecule has 1 amide bonds. The Morgan fingerprint density at radius 2 is 2.21 bits per heavy atom.